The largest absolute Gasteiger partial charge is 0.339 e. The molecule has 2 aromatic rings. The smallest absolute Gasteiger partial charge is 0.254 e. The number of nitrogens with one attached hydrogen (secondary N) is 1. The van der Waals surface area contributed by atoms with Crippen LogP contribution in [0, 0.1) is 11.3 Å². The van der Waals surface area contributed by atoms with Gasteiger partial charge in [0.05, 0.1) is 22.9 Å². The molecule has 1 N–H and O–H groups in total. The van der Waals surface area contributed by atoms with Gasteiger partial charge in [-0.1, -0.05) is 18.2 Å². The van der Waals surface area contributed by atoms with Crippen LogP contribution in [0.5, 0.6) is 0 Å². The number of rotatable bonds is 7. The van der Waals surface area contributed by atoms with Crippen LogP contribution in [-0.2, 0) is 4.79 Å². The highest BCUT2D eigenvalue weighted by atomic mass is 32.2. The number of anilines is 1. The number of thioether (sulfide) groups is 1. The van der Waals surface area contributed by atoms with Gasteiger partial charge in [-0.05, 0) is 44.2 Å². The first-order valence-corrected chi connectivity index (χ1v) is 9.38. The number of benzene rings is 2. The van der Waals surface area contributed by atoms with Crippen molar-refractivity contribution in [1.82, 2.24) is 4.90 Å². The predicted molar refractivity (Wildman–Crippen MR) is 104 cm³/mol. The highest BCUT2D eigenvalue weighted by Gasteiger charge is 2.17. The molecule has 0 aromatic heterocycles. The fourth-order valence-electron chi connectivity index (χ4n) is 2.46. The molecule has 0 atom stereocenters. The van der Waals surface area contributed by atoms with Gasteiger partial charge in [-0.25, -0.2) is 0 Å². The van der Waals surface area contributed by atoms with Crippen molar-refractivity contribution < 1.29 is 9.59 Å². The quantitative estimate of drug-likeness (QED) is 0.756. The Hall–Kier alpha value is -2.78. The van der Waals surface area contributed by atoms with Crippen LogP contribution in [0.4, 0.5) is 5.69 Å². The number of amides is 2. The molecule has 0 aliphatic heterocycles. The molecule has 0 aliphatic carbocycles. The van der Waals surface area contributed by atoms with Crippen molar-refractivity contribution >= 4 is 29.3 Å². The lowest BCUT2D eigenvalue weighted by atomic mass is 10.2. The van der Waals surface area contributed by atoms with Gasteiger partial charge < -0.3 is 10.2 Å². The Morgan fingerprint density at radius 1 is 1.12 bits per heavy atom. The van der Waals surface area contributed by atoms with E-state index >= 15 is 0 Å². The van der Waals surface area contributed by atoms with Crippen LogP contribution in [0.25, 0.3) is 0 Å². The normalized spacial score (nSPS) is 10.0. The minimum Gasteiger partial charge on any atom is -0.339 e. The fraction of sp³-hybridized carbons (Fsp3) is 0.250. The number of hydrogen-bond acceptors (Lipinski definition) is 4. The molecule has 0 fully saturated rings. The minimum absolute atomic E-state index is 0.0276. The molecule has 0 spiro atoms. The molecule has 0 saturated carbocycles. The van der Waals surface area contributed by atoms with Crippen molar-refractivity contribution in [2.45, 2.75) is 18.7 Å². The third-order valence-electron chi connectivity index (χ3n) is 3.80. The standard InChI is InChI=1S/C20H21N3O2S/c1-3-23(4-2)20(25)17-10-5-6-11-18(17)26-14-19(24)22-16-9-7-8-15(12-16)13-21/h5-12H,3-4,14H2,1-2H3,(H,22,24). The van der Waals surface area contributed by atoms with Crippen molar-refractivity contribution in [3.63, 3.8) is 0 Å². The van der Waals surface area contributed by atoms with Gasteiger partial charge in [0.25, 0.3) is 5.91 Å². The Kier molecular flexibility index (Phi) is 7.24. The van der Waals surface area contributed by atoms with Crippen LogP contribution < -0.4 is 5.32 Å². The molecule has 5 nitrogen and oxygen atoms in total. The first kappa shape index (κ1) is 19.5. The summed E-state index contributed by atoms with van der Waals surface area (Å²) in [6.45, 7) is 5.17. The fourth-order valence-corrected chi connectivity index (χ4v) is 3.30. The van der Waals surface area contributed by atoms with Crippen LogP contribution in [0.3, 0.4) is 0 Å². The Labute approximate surface area is 158 Å². The third-order valence-corrected chi connectivity index (χ3v) is 4.88. The molecule has 2 aromatic carbocycles. The van der Waals surface area contributed by atoms with Crippen LogP contribution >= 0.6 is 11.8 Å². The van der Waals surface area contributed by atoms with E-state index in [1.54, 1.807) is 35.2 Å². The van der Waals surface area contributed by atoms with Crippen LogP contribution in [-0.4, -0.2) is 35.6 Å². The second kappa shape index (κ2) is 9.64. The summed E-state index contributed by atoms with van der Waals surface area (Å²) >= 11 is 1.33. The van der Waals surface area contributed by atoms with E-state index in [0.717, 1.165) is 4.90 Å². The average molecular weight is 367 g/mol. The Bertz CT molecular complexity index is 826. The summed E-state index contributed by atoms with van der Waals surface area (Å²) < 4.78 is 0. The summed E-state index contributed by atoms with van der Waals surface area (Å²) in [5.74, 6) is -0.0327. The van der Waals surface area contributed by atoms with E-state index < -0.39 is 0 Å². The van der Waals surface area contributed by atoms with Gasteiger partial charge in [-0.2, -0.15) is 5.26 Å². The first-order valence-electron chi connectivity index (χ1n) is 8.40. The molecule has 2 rings (SSSR count). The average Bonchev–Trinajstić information content (AvgIpc) is 2.67. The maximum Gasteiger partial charge on any atom is 0.254 e. The number of hydrogen-bond donors (Lipinski definition) is 1. The van der Waals surface area contributed by atoms with Gasteiger partial charge in [0.2, 0.25) is 5.91 Å². The van der Waals surface area contributed by atoms with Crippen molar-refractivity contribution in [2.24, 2.45) is 0 Å². The molecule has 0 unspecified atom stereocenters. The predicted octanol–water partition coefficient (Wildman–Crippen LogP) is 3.77. The number of nitriles is 1. The Morgan fingerprint density at radius 2 is 1.85 bits per heavy atom. The van der Waals surface area contributed by atoms with E-state index in [1.807, 2.05) is 38.1 Å². The molecule has 134 valence electrons. The molecular weight excluding hydrogens is 346 g/mol. The molecule has 0 bridgehead atoms. The molecule has 0 radical (unpaired) electrons. The summed E-state index contributed by atoms with van der Waals surface area (Å²) in [5, 5.41) is 11.7. The number of carbonyl (C=O) groups is 2. The van der Waals surface area contributed by atoms with Crippen LogP contribution in [0.2, 0.25) is 0 Å². The van der Waals surface area contributed by atoms with E-state index in [0.29, 0.717) is 29.9 Å². The van der Waals surface area contributed by atoms with Crippen molar-refractivity contribution in [1.29, 1.82) is 5.26 Å². The Morgan fingerprint density at radius 3 is 2.54 bits per heavy atom. The first-order chi connectivity index (χ1) is 12.6. The SMILES string of the molecule is CCN(CC)C(=O)c1ccccc1SCC(=O)Nc1cccc(C#N)c1. The van der Waals surface area contributed by atoms with E-state index in [4.69, 9.17) is 5.26 Å². The molecule has 2 amide bonds. The number of carbonyl (C=O) groups excluding carboxylic acids is 2. The van der Waals surface area contributed by atoms with E-state index in [-0.39, 0.29) is 17.6 Å². The third kappa shape index (κ3) is 5.11. The van der Waals surface area contributed by atoms with E-state index in [9.17, 15) is 9.59 Å². The molecule has 0 aliphatic rings. The highest BCUT2D eigenvalue weighted by Crippen LogP contribution is 2.24. The summed E-state index contributed by atoms with van der Waals surface area (Å²) in [7, 11) is 0. The summed E-state index contributed by atoms with van der Waals surface area (Å²) in [6.07, 6.45) is 0. The molecule has 0 heterocycles. The molecule has 6 heteroatoms. The molecular formula is C20H21N3O2S. The number of nitrogens with zero attached hydrogens (tertiary/aromatic N) is 2. The van der Waals surface area contributed by atoms with Crippen molar-refractivity contribution in [3.05, 3.63) is 59.7 Å². The summed E-state index contributed by atoms with van der Waals surface area (Å²) in [5.41, 5.74) is 1.69. The zero-order chi connectivity index (χ0) is 18.9. The topological polar surface area (TPSA) is 73.2 Å². The van der Waals surface area contributed by atoms with Gasteiger partial charge in [0, 0.05) is 23.7 Å². The van der Waals surface area contributed by atoms with Crippen molar-refractivity contribution in [3.8, 4) is 6.07 Å². The maximum absolute atomic E-state index is 12.6. The van der Waals surface area contributed by atoms with E-state index in [2.05, 4.69) is 5.32 Å². The lowest BCUT2D eigenvalue weighted by Crippen LogP contribution is -2.30. The van der Waals surface area contributed by atoms with Gasteiger partial charge in [-0.15, -0.1) is 11.8 Å². The molecule has 0 saturated heterocycles. The van der Waals surface area contributed by atoms with Crippen LogP contribution in [0.1, 0.15) is 29.8 Å². The van der Waals surface area contributed by atoms with Crippen LogP contribution in [0.15, 0.2) is 53.4 Å². The second-order valence-electron chi connectivity index (χ2n) is 5.50. The monoisotopic (exact) mass is 367 g/mol. The zero-order valence-corrected chi connectivity index (χ0v) is 15.7. The minimum atomic E-state index is -0.185. The lowest BCUT2D eigenvalue weighted by molar-refractivity contribution is -0.113. The van der Waals surface area contributed by atoms with Gasteiger partial charge in [0.1, 0.15) is 0 Å². The molecule has 26 heavy (non-hydrogen) atoms. The summed E-state index contributed by atoms with van der Waals surface area (Å²) in [6, 6.07) is 16.1. The van der Waals surface area contributed by atoms with Gasteiger partial charge in [0.15, 0.2) is 0 Å². The van der Waals surface area contributed by atoms with Gasteiger partial charge >= 0.3 is 0 Å². The lowest BCUT2D eigenvalue weighted by Gasteiger charge is -2.20. The maximum atomic E-state index is 12.6. The highest BCUT2D eigenvalue weighted by molar-refractivity contribution is 8.00. The Balaban J connectivity index is 2.04. The van der Waals surface area contributed by atoms with Gasteiger partial charge in [-0.3, -0.25) is 9.59 Å². The summed E-state index contributed by atoms with van der Waals surface area (Å²) in [4.78, 5) is 27.4. The zero-order valence-electron chi connectivity index (χ0n) is 14.9. The second-order valence-corrected chi connectivity index (χ2v) is 6.52. The van der Waals surface area contributed by atoms with E-state index in [1.165, 1.54) is 11.8 Å². The van der Waals surface area contributed by atoms with Crippen molar-refractivity contribution in [2.75, 3.05) is 24.2 Å².